The summed E-state index contributed by atoms with van der Waals surface area (Å²) in [5, 5.41) is 29.2. The highest BCUT2D eigenvalue weighted by atomic mass is 32.2. The van der Waals surface area contributed by atoms with Crippen molar-refractivity contribution in [2.24, 2.45) is 11.8 Å². The lowest BCUT2D eigenvalue weighted by Crippen LogP contribution is -2.44. The van der Waals surface area contributed by atoms with Gasteiger partial charge in [0.1, 0.15) is 22.8 Å². The molecule has 0 radical (unpaired) electrons. The van der Waals surface area contributed by atoms with Crippen LogP contribution in [-0.2, 0) is 27.4 Å². The van der Waals surface area contributed by atoms with Crippen molar-refractivity contribution >= 4 is 32.2 Å². The molecule has 0 spiro atoms. The highest BCUT2D eigenvalue weighted by Gasteiger charge is 2.42. The number of aromatic nitrogens is 5. The van der Waals surface area contributed by atoms with Gasteiger partial charge in [0.15, 0.2) is 9.34 Å². The largest absolute Gasteiger partial charge is 0.416 e. The molecule has 65 heavy (non-hydrogen) atoms. The van der Waals surface area contributed by atoms with Crippen LogP contribution in [-0.4, -0.2) is 73.2 Å². The Kier molecular flexibility index (Phi) is 14.3. The van der Waals surface area contributed by atoms with Gasteiger partial charge in [0, 0.05) is 18.8 Å². The zero-order valence-corrected chi connectivity index (χ0v) is 38.0. The number of benzene rings is 3. The van der Waals surface area contributed by atoms with Crippen molar-refractivity contribution in [2.75, 3.05) is 31.5 Å². The number of halogens is 5. The van der Waals surface area contributed by atoms with Gasteiger partial charge in [0.05, 0.1) is 60.3 Å². The van der Waals surface area contributed by atoms with E-state index in [0.717, 1.165) is 66.2 Å². The molecule has 2 saturated heterocycles. The maximum atomic E-state index is 13.4. The molecule has 4 N–H and O–H groups in total. The number of piperidine rings is 2. The fourth-order valence-electron chi connectivity index (χ4n) is 8.70. The molecular weight excluding hydrogens is 888 g/mol. The van der Waals surface area contributed by atoms with Gasteiger partial charge in [0.2, 0.25) is 0 Å². The van der Waals surface area contributed by atoms with Gasteiger partial charge in [0.25, 0.3) is 10.0 Å². The fourth-order valence-corrected chi connectivity index (χ4v) is 11.4. The highest BCUT2D eigenvalue weighted by molar-refractivity contribution is 7.91. The Bertz CT molecular complexity index is 2600. The smallest absolute Gasteiger partial charge is 0.384 e. The molecule has 19 heteroatoms. The molecule has 0 bridgehead atoms. The molecule has 5 heterocycles. The molecule has 2 unspecified atom stereocenters. The number of nitrogens with one attached hydrogen (secondary N) is 2. The van der Waals surface area contributed by atoms with Crippen molar-refractivity contribution < 1.29 is 40.6 Å². The molecule has 8 rings (SSSR count). The van der Waals surface area contributed by atoms with Gasteiger partial charge in [-0.25, -0.2) is 32.2 Å². The Morgan fingerprint density at radius 3 is 1.65 bits per heavy atom. The normalized spacial score (nSPS) is 18.5. The van der Waals surface area contributed by atoms with Crippen LogP contribution >= 0.6 is 11.3 Å². The Labute approximate surface area is 379 Å². The number of thiazole rings is 1. The zero-order valence-electron chi connectivity index (χ0n) is 36.4. The van der Waals surface area contributed by atoms with E-state index in [4.69, 9.17) is 0 Å². The number of alkyl halides is 3. The predicted molar refractivity (Wildman–Crippen MR) is 238 cm³/mol. The monoisotopic (exact) mass is 940 g/mol. The van der Waals surface area contributed by atoms with Crippen LogP contribution in [0.4, 0.5) is 32.8 Å². The second-order valence-electron chi connectivity index (χ2n) is 17.0. The second-order valence-corrected chi connectivity index (χ2v) is 20.2. The van der Waals surface area contributed by atoms with E-state index in [2.05, 4.69) is 25.6 Å². The third kappa shape index (κ3) is 10.7. The van der Waals surface area contributed by atoms with Gasteiger partial charge in [-0.1, -0.05) is 35.6 Å². The molecule has 2 fully saturated rings. The number of sulfonamides is 1. The van der Waals surface area contributed by atoms with E-state index in [1.165, 1.54) is 46.9 Å². The van der Waals surface area contributed by atoms with Crippen LogP contribution in [0.2, 0.25) is 0 Å². The molecule has 4 atom stereocenters. The van der Waals surface area contributed by atoms with Crippen LogP contribution < -0.4 is 10.6 Å². The summed E-state index contributed by atoms with van der Waals surface area (Å²) in [5.74, 6) is -0.623. The minimum Gasteiger partial charge on any atom is -0.384 e. The first-order valence-electron chi connectivity index (χ1n) is 21.4. The molecule has 0 aliphatic carbocycles. The SMILES string of the molecule is C[C@H](c1ccc(F)cc1)n1cncc1C(C)(O)C1CCN(S(=O)(=O)c2cnc(Nc3ccc(C(F)(F)F)cc3)s2)CC1.C[C@H](c1ccc(F)cc1)n1cncc1C(C)(O)C1CCNCC1. The summed E-state index contributed by atoms with van der Waals surface area (Å²) in [7, 11) is -3.87. The number of imidazole rings is 2. The molecule has 2 aliphatic heterocycles. The number of nitrogens with zero attached hydrogens (tertiary/aromatic N) is 6. The third-order valence-electron chi connectivity index (χ3n) is 12.8. The lowest BCUT2D eigenvalue weighted by atomic mass is 9.80. The van der Waals surface area contributed by atoms with E-state index < -0.39 is 33.0 Å². The number of rotatable bonds is 12. The number of aliphatic hydroxyl groups is 2. The van der Waals surface area contributed by atoms with E-state index in [1.807, 2.05) is 29.9 Å². The van der Waals surface area contributed by atoms with Crippen LogP contribution in [0, 0.1) is 23.5 Å². The molecule has 348 valence electrons. The van der Waals surface area contributed by atoms with E-state index in [-0.39, 0.29) is 58.0 Å². The van der Waals surface area contributed by atoms with Crippen LogP contribution in [0.5, 0.6) is 0 Å². The summed E-state index contributed by atoms with van der Waals surface area (Å²) in [5.41, 5.74) is 0.581. The van der Waals surface area contributed by atoms with Crippen LogP contribution in [0.25, 0.3) is 0 Å². The summed E-state index contributed by atoms with van der Waals surface area (Å²) in [4.78, 5) is 12.6. The van der Waals surface area contributed by atoms with Crippen LogP contribution in [0.3, 0.4) is 0 Å². The van der Waals surface area contributed by atoms with Crippen molar-refractivity contribution in [1.82, 2.24) is 33.7 Å². The van der Waals surface area contributed by atoms with Gasteiger partial charge >= 0.3 is 6.18 Å². The van der Waals surface area contributed by atoms with E-state index >= 15 is 0 Å². The number of hydrogen-bond donors (Lipinski definition) is 4. The lowest BCUT2D eigenvalue weighted by Gasteiger charge is -2.39. The first-order chi connectivity index (χ1) is 30.8. The average molecular weight is 941 g/mol. The van der Waals surface area contributed by atoms with Crippen LogP contribution in [0.1, 0.15) is 93.5 Å². The second kappa shape index (κ2) is 19.4. The van der Waals surface area contributed by atoms with E-state index in [9.17, 15) is 40.6 Å². The lowest BCUT2D eigenvalue weighted by molar-refractivity contribution is -0.137. The third-order valence-corrected chi connectivity index (χ3v) is 16.1. The summed E-state index contributed by atoms with van der Waals surface area (Å²) in [6.45, 7) is 9.79. The van der Waals surface area contributed by atoms with Crippen molar-refractivity contribution in [3.63, 3.8) is 0 Å². The van der Waals surface area contributed by atoms with E-state index in [0.29, 0.717) is 24.2 Å². The Morgan fingerprint density at radius 2 is 1.18 bits per heavy atom. The molecular formula is C46H53F5N8O4S2. The molecule has 0 saturated carbocycles. The minimum absolute atomic E-state index is 0.00770. The molecule has 3 aromatic carbocycles. The van der Waals surface area contributed by atoms with Crippen molar-refractivity contribution in [1.29, 1.82) is 0 Å². The first kappa shape index (κ1) is 47.9. The number of anilines is 2. The molecule has 2 aliphatic rings. The zero-order chi connectivity index (χ0) is 46.7. The maximum absolute atomic E-state index is 13.4. The Balaban J connectivity index is 0.000000230. The summed E-state index contributed by atoms with van der Waals surface area (Å²) >= 11 is 0.888. The van der Waals surface area contributed by atoms with Crippen molar-refractivity contribution in [2.45, 2.75) is 87.0 Å². The molecule has 12 nitrogen and oxygen atoms in total. The van der Waals surface area contributed by atoms with Gasteiger partial charge in [-0.15, -0.1) is 0 Å². The molecule has 0 amide bonds. The fraction of sp³-hybridized carbons (Fsp3) is 0.413. The predicted octanol–water partition coefficient (Wildman–Crippen LogP) is 9.00. The Morgan fingerprint density at radius 1 is 0.723 bits per heavy atom. The van der Waals surface area contributed by atoms with Gasteiger partial charge < -0.3 is 30.0 Å². The molecule has 6 aromatic rings. The van der Waals surface area contributed by atoms with Gasteiger partial charge in [-0.2, -0.15) is 17.5 Å². The van der Waals surface area contributed by atoms with E-state index in [1.54, 1.807) is 56.2 Å². The first-order valence-corrected chi connectivity index (χ1v) is 23.6. The van der Waals surface area contributed by atoms with Gasteiger partial charge in [-0.3, -0.25) is 0 Å². The van der Waals surface area contributed by atoms with Crippen LogP contribution in [0.15, 0.2) is 108 Å². The summed E-state index contributed by atoms with van der Waals surface area (Å²) < 4.78 is 96.9. The minimum atomic E-state index is -4.45. The molecule has 3 aromatic heterocycles. The topological polar surface area (TPSA) is 150 Å². The quantitative estimate of drug-likeness (QED) is 0.0882. The standard InChI is InChI=1S/C28H29F4N5O3S2.C18H24FN3O/c1-18(19-3-7-22(29)8-4-19)37-17-33-15-24(37)27(2,38)20-11-13-36(14-12-20)42(39,40)25-16-34-26(41-25)35-23-9-5-21(6-10-23)28(30,31)32;1-13(14-3-5-16(19)6-4-14)22-12-21-11-17(22)18(2,23)15-7-9-20-10-8-15/h3-10,15-18,20,38H,11-14H2,1-2H3,(H,34,35);3-6,11-13,15,20,23H,7-10H2,1-2H3/t18-,27?;13-,18?/m11/s1. The number of hydrogen-bond acceptors (Lipinski definition) is 10. The average Bonchev–Trinajstić information content (AvgIpc) is 4.10. The maximum Gasteiger partial charge on any atom is 0.416 e. The Hall–Kier alpha value is -5.05. The summed E-state index contributed by atoms with van der Waals surface area (Å²) in [6.07, 6.45) is 6.20. The van der Waals surface area contributed by atoms with Gasteiger partial charge in [-0.05, 0) is 138 Å². The van der Waals surface area contributed by atoms with Crippen molar-refractivity contribution in [3.05, 3.63) is 144 Å². The van der Waals surface area contributed by atoms with Crippen molar-refractivity contribution in [3.8, 4) is 0 Å². The highest BCUT2D eigenvalue weighted by Crippen LogP contribution is 2.40. The summed E-state index contributed by atoms with van der Waals surface area (Å²) in [6, 6.07) is 16.8.